The van der Waals surface area contributed by atoms with Crippen LogP contribution in [0.4, 0.5) is 5.69 Å². The predicted octanol–water partition coefficient (Wildman–Crippen LogP) is 4.36. The van der Waals surface area contributed by atoms with Gasteiger partial charge in [0.15, 0.2) is 0 Å². The summed E-state index contributed by atoms with van der Waals surface area (Å²) in [5.74, 6) is 0.804. The van der Waals surface area contributed by atoms with Gasteiger partial charge < -0.3 is 14.8 Å². The number of pyridine rings is 1. The van der Waals surface area contributed by atoms with E-state index in [9.17, 15) is 5.26 Å². The summed E-state index contributed by atoms with van der Waals surface area (Å²) in [7, 11) is 1.65. The summed E-state index contributed by atoms with van der Waals surface area (Å²) in [4.78, 5) is 4.47. The largest absolute Gasteiger partial charge is 0.491 e. The van der Waals surface area contributed by atoms with Gasteiger partial charge in [-0.05, 0) is 43.2 Å². The van der Waals surface area contributed by atoms with E-state index in [0.29, 0.717) is 25.3 Å². The van der Waals surface area contributed by atoms with Gasteiger partial charge in [0.1, 0.15) is 18.4 Å². The fourth-order valence-corrected chi connectivity index (χ4v) is 3.11. The molecular weight excluding hydrogens is 338 g/mol. The van der Waals surface area contributed by atoms with Gasteiger partial charge >= 0.3 is 0 Å². The van der Waals surface area contributed by atoms with Crippen LogP contribution < -0.4 is 10.1 Å². The molecule has 0 saturated heterocycles. The fourth-order valence-electron chi connectivity index (χ4n) is 3.11. The van der Waals surface area contributed by atoms with E-state index >= 15 is 0 Å². The Hall–Kier alpha value is -3.10. The molecule has 0 unspecified atom stereocenters. The van der Waals surface area contributed by atoms with Gasteiger partial charge in [-0.1, -0.05) is 23.8 Å². The van der Waals surface area contributed by atoms with Crippen LogP contribution in [0.15, 0.2) is 42.6 Å². The summed E-state index contributed by atoms with van der Waals surface area (Å²) in [6.07, 6.45) is 1.64. The van der Waals surface area contributed by atoms with Crippen LogP contribution in [-0.4, -0.2) is 25.3 Å². The monoisotopic (exact) mass is 361 g/mol. The zero-order chi connectivity index (χ0) is 19.2. The molecule has 0 radical (unpaired) electrons. The lowest BCUT2D eigenvalue weighted by Crippen LogP contribution is -2.06. The van der Waals surface area contributed by atoms with Crippen molar-refractivity contribution in [1.82, 2.24) is 4.98 Å². The number of benzene rings is 2. The van der Waals surface area contributed by atoms with E-state index < -0.39 is 0 Å². The van der Waals surface area contributed by atoms with Crippen molar-refractivity contribution in [2.75, 3.05) is 25.6 Å². The standard InChI is InChI=1S/C22H23N3O2/c1-15-9-16(2)21-20(10-15)22(18(12-23)14-25-21)24-13-17-5-4-6-19(11-17)27-8-7-26-3/h4-6,9-11,14H,7-8,13H2,1-3H3,(H,24,25). The minimum absolute atomic E-state index is 0.513. The number of fused-ring (bicyclic) bond motifs is 1. The maximum Gasteiger partial charge on any atom is 0.119 e. The number of nitriles is 1. The second kappa shape index (κ2) is 8.52. The fraction of sp³-hybridized carbons (Fsp3) is 0.273. The second-order valence-corrected chi connectivity index (χ2v) is 6.48. The Morgan fingerprint density at radius 1 is 1.15 bits per heavy atom. The van der Waals surface area contributed by atoms with Crippen LogP contribution in [0.2, 0.25) is 0 Å². The van der Waals surface area contributed by atoms with Gasteiger partial charge in [0.2, 0.25) is 0 Å². The molecule has 0 aliphatic heterocycles. The van der Waals surface area contributed by atoms with Gasteiger partial charge in [-0.3, -0.25) is 4.98 Å². The predicted molar refractivity (Wildman–Crippen MR) is 107 cm³/mol. The molecule has 0 atom stereocenters. The first kappa shape index (κ1) is 18.7. The van der Waals surface area contributed by atoms with Crippen molar-refractivity contribution in [1.29, 1.82) is 5.26 Å². The third-order valence-electron chi connectivity index (χ3n) is 4.35. The number of methoxy groups -OCH3 is 1. The van der Waals surface area contributed by atoms with Crippen LogP contribution in [0, 0.1) is 25.2 Å². The summed E-state index contributed by atoms with van der Waals surface area (Å²) >= 11 is 0. The Balaban J connectivity index is 1.87. The summed E-state index contributed by atoms with van der Waals surface area (Å²) < 4.78 is 10.7. The number of ether oxygens (including phenoxy) is 2. The van der Waals surface area contributed by atoms with Gasteiger partial charge in [-0.2, -0.15) is 5.26 Å². The summed E-state index contributed by atoms with van der Waals surface area (Å²) in [6.45, 7) is 5.74. The molecule has 27 heavy (non-hydrogen) atoms. The number of anilines is 1. The van der Waals surface area contributed by atoms with Crippen molar-refractivity contribution in [2.45, 2.75) is 20.4 Å². The molecule has 0 fully saturated rings. The van der Waals surface area contributed by atoms with Gasteiger partial charge in [0.05, 0.1) is 23.4 Å². The minimum atomic E-state index is 0.513. The molecule has 0 amide bonds. The summed E-state index contributed by atoms with van der Waals surface area (Å²) in [6, 6.07) is 14.3. The van der Waals surface area contributed by atoms with Crippen LogP contribution >= 0.6 is 0 Å². The van der Waals surface area contributed by atoms with Crippen molar-refractivity contribution in [3.63, 3.8) is 0 Å². The molecule has 3 aromatic rings. The van der Waals surface area contributed by atoms with Gasteiger partial charge in [0.25, 0.3) is 0 Å². The SMILES string of the molecule is COCCOc1cccc(CNc2c(C#N)cnc3c(C)cc(C)cc23)c1. The van der Waals surface area contributed by atoms with Crippen LogP contribution in [0.5, 0.6) is 5.75 Å². The normalized spacial score (nSPS) is 10.6. The molecule has 0 aliphatic carbocycles. The number of rotatable bonds is 7. The number of aromatic nitrogens is 1. The highest BCUT2D eigenvalue weighted by atomic mass is 16.5. The number of nitrogens with one attached hydrogen (secondary N) is 1. The molecule has 0 aliphatic rings. The van der Waals surface area contributed by atoms with Crippen molar-refractivity contribution in [3.05, 3.63) is 64.8 Å². The lowest BCUT2D eigenvalue weighted by atomic mass is 10.0. The highest BCUT2D eigenvalue weighted by molar-refractivity contribution is 5.96. The number of aryl methyl sites for hydroxylation is 2. The van der Waals surface area contributed by atoms with Crippen molar-refractivity contribution in [2.24, 2.45) is 0 Å². The van der Waals surface area contributed by atoms with E-state index in [4.69, 9.17) is 9.47 Å². The van der Waals surface area contributed by atoms with Gasteiger partial charge in [-0.25, -0.2) is 0 Å². The highest BCUT2D eigenvalue weighted by Gasteiger charge is 2.11. The van der Waals surface area contributed by atoms with E-state index in [0.717, 1.165) is 39.0 Å². The van der Waals surface area contributed by atoms with Crippen LogP contribution in [-0.2, 0) is 11.3 Å². The lowest BCUT2D eigenvalue weighted by Gasteiger charge is -2.14. The molecule has 138 valence electrons. The van der Waals surface area contributed by atoms with Gasteiger partial charge in [0, 0.05) is 25.2 Å². The molecule has 0 spiro atoms. The molecule has 3 rings (SSSR count). The summed E-state index contributed by atoms with van der Waals surface area (Å²) in [5.41, 5.74) is 5.60. The first-order valence-corrected chi connectivity index (χ1v) is 8.87. The molecule has 5 nitrogen and oxygen atoms in total. The molecule has 1 N–H and O–H groups in total. The Labute approximate surface area is 159 Å². The lowest BCUT2D eigenvalue weighted by molar-refractivity contribution is 0.146. The van der Waals surface area contributed by atoms with Crippen molar-refractivity contribution >= 4 is 16.6 Å². The number of nitrogens with zero attached hydrogens (tertiary/aromatic N) is 2. The third kappa shape index (κ3) is 4.36. The van der Waals surface area contributed by atoms with E-state index in [1.54, 1.807) is 13.3 Å². The zero-order valence-corrected chi connectivity index (χ0v) is 15.9. The molecule has 0 bridgehead atoms. The Morgan fingerprint density at radius 3 is 2.78 bits per heavy atom. The van der Waals surface area contributed by atoms with Crippen molar-refractivity contribution in [3.8, 4) is 11.8 Å². The average molecular weight is 361 g/mol. The Morgan fingerprint density at radius 2 is 2.00 bits per heavy atom. The zero-order valence-electron chi connectivity index (χ0n) is 15.9. The number of hydrogen-bond acceptors (Lipinski definition) is 5. The first-order valence-electron chi connectivity index (χ1n) is 8.87. The molecule has 5 heteroatoms. The number of hydrogen-bond donors (Lipinski definition) is 1. The quantitative estimate of drug-likeness (QED) is 0.633. The molecule has 0 saturated carbocycles. The molecule has 2 aromatic carbocycles. The van der Waals surface area contributed by atoms with E-state index in [-0.39, 0.29) is 0 Å². The maximum atomic E-state index is 9.52. The molecule has 1 aromatic heterocycles. The van der Waals surface area contributed by atoms with Crippen molar-refractivity contribution < 1.29 is 9.47 Å². The third-order valence-corrected chi connectivity index (χ3v) is 4.35. The molecular formula is C22H23N3O2. The average Bonchev–Trinajstić information content (AvgIpc) is 2.66. The Bertz CT molecular complexity index is 993. The first-order chi connectivity index (χ1) is 13.1. The van der Waals surface area contributed by atoms with Crippen LogP contribution in [0.3, 0.4) is 0 Å². The van der Waals surface area contributed by atoms with E-state index in [1.807, 2.05) is 31.2 Å². The van der Waals surface area contributed by atoms with E-state index in [2.05, 4.69) is 35.4 Å². The topological polar surface area (TPSA) is 67.2 Å². The molecule has 1 heterocycles. The smallest absolute Gasteiger partial charge is 0.119 e. The second-order valence-electron chi connectivity index (χ2n) is 6.48. The van der Waals surface area contributed by atoms with Crippen LogP contribution in [0.25, 0.3) is 10.9 Å². The van der Waals surface area contributed by atoms with Crippen LogP contribution in [0.1, 0.15) is 22.3 Å². The van der Waals surface area contributed by atoms with Gasteiger partial charge in [-0.15, -0.1) is 0 Å². The maximum absolute atomic E-state index is 9.52. The van der Waals surface area contributed by atoms with E-state index in [1.165, 1.54) is 0 Å². The Kier molecular flexibility index (Phi) is 5.90. The summed E-state index contributed by atoms with van der Waals surface area (Å²) in [5, 5.41) is 13.9. The highest BCUT2D eigenvalue weighted by Crippen LogP contribution is 2.29. The minimum Gasteiger partial charge on any atom is -0.491 e.